The Hall–Kier alpha value is -14.3. The molecule has 44 N–H and O–H groups in total. The molecule has 26 amide bonds. The summed E-state index contributed by atoms with van der Waals surface area (Å²) >= 11 is 0. The lowest BCUT2D eigenvalue weighted by atomic mass is 9.78. The molecule has 52 heteroatoms. The highest BCUT2D eigenvalue weighted by molar-refractivity contribution is 5.93. The number of amides is 26. The van der Waals surface area contributed by atoms with Crippen molar-refractivity contribution in [1.29, 1.82) is 0 Å². The summed E-state index contributed by atoms with van der Waals surface area (Å²) < 4.78 is 0. The minimum atomic E-state index is -1.71. The van der Waals surface area contributed by atoms with Crippen molar-refractivity contribution >= 4 is 154 Å². The smallest absolute Gasteiger partial charge is 0.244 e. The summed E-state index contributed by atoms with van der Waals surface area (Å²) in [6, 6.07) is 0. The van der Waals surface area contributed by atoms with Crippen molar-refractivity contribution < 1.29 is 125 Å². The molecule has 0 aromatic heterocycles. The summed E-state index contributed by atoms with van der Waals surface area (Å²) in [4.78, 5) is 343. The Kier molecular flexibility index (Phi) is 65.7. The lowest BCUT2D eigenvalue weighted by molar-refractivity contribution is -0.134. The summed E-state index contributed by atoms with van der Waals surface area (Å²) in [5.41, 5.74) is 103. The highest BCUT2D eigenvalue weighted by Crippen LogP contribution is 2.37. The summed E-state index contributed by atoms with van der Waals surface area (Å²) in [5, 5.41) is 19.5. The third-order valence-electron chi connectivity index (χ3n) is 25.9. The minimum absolute atomic E-state index is 0. The van der Waals surface area contributed by atoms with E-state index in [0.717, 1.165) is 12.2 Å². The van der Waals surface area contributed by atoms with Gasteiger partial charge in [0.05, 0.1) is 26.7 Å². The van der Waals surface area contributed by atoms with Crippen molar-refractivity contribution in [3.8, 4) is 0 Å². The van der Waals surface area contributed by atoms with Crippen molar-refractivity contribution in [3.05, 3.63) is 25.3 Å². The quantitative estimate of drug-likeness (QED) is 0.0199. The number of carbonyl (C=O) groups excluding carboxylic acids is 26. The van der Waals surface area contributed by atoms with Gasteiger partial charge in [0.15, 0.2) is 0 Å². The van der Waals surface area contributed by atoms with Crippen molar-refractivity contribution in [2.45, 2.75) is 224 Å². The van der Waals surface area contributed by atoms with Gasteiger partial charge in [-0.1, -0.05) is 83.4 Å². The summed E-state index contributed by atoms with van der Waals surface area (Å²) in [6.45, 7) is 15.5. The fourth-order valence-corrected chi connectivity index (χ4v) is 16.6. The number of nitrogens with one attached hydrogen (secondary N) is 8. The van der Waals surface area contributed by atoms with E-state index in [1.807, 2.05) is 0 Å². The van der Waals surface area contributed by atoms with Crippen LogP contribution in [0.4, 0.5) is 0 Å². The van der Waals surface area contributed by atoms with Crippen LogP contribution in [0.1, 0.15) is 224 Å². The highest BCUT2D eigenvalue weighted by atomic mass is 16.2. The molecule has 0 rings (SSSR count). The molecule has 24 unspecified atom stereocenters. The third kappa shape index (κ3) is 52.4. The summed E-state index contributed by atoms with van der Waals surface area (Å²) in [5.74, 6) is -56.8. The Morgan fingerprint density at radius 3 is 0.389 bits per heavy atom. The predicted molar refractivity (Wildman–Crippen MR) is 524 cm³/mol. The maximum Gasteiger partial charge on any atom is 0.244 e. The van der Waals surface area contributed by atoms with Gasteiger partial charge in [-0.15, -0.1) is 0 Å². The molecule has 0 aromatic rings. The Bertz CT molecular complexity index is 4420. The standard InChI is InChI=1S/C83H144N24O24.C7H10N2O2.2CH4/c1-9-40(64(88)112)17-48(72(96)120)22-53(77(101)125)30-54(23-45(69(93)117)14-37(6)61(85)109)78(126)102-33-106-82(130)58(27-50(74(98)122)19-42(11-3)66(90)114)32-57(25-47(71(95)119)16-39(8)63(87)111)81(129)105-35-107-83(131)59(28-51(75(99)123)20-43(12-4)67(91)115)31-56(24-46(70(94)118)15-38(7)62(86)110)80(128)104-34-103-79(127)55(26-49(73(97)121)18-41(10-2)65(89)113)29-52(76(100)124)21-44(68(92)116)13-36(5)60(84)108;1-3-6(10)8-5-9-7(11)4-2;;/h36-59H,9-35H2,1-8H3,(H2,84,108)(H2,85,109)(H2,86,110)(H2,87,111)(H2,88,112)(H2,89,113)(H2,90,114)(H2,91,115)(H2,92,116)(H2,93,117)(H2,94,118)(H2,95,119)(H2,96,120)(H2,97,121)(H2,98,122)(H2,99,123)(H2,100,124)(H2,101,125)(H,102,126)(H,103,127)(H,104,128)(H,105,129)(H,106,130)(H,107,131);3-4H,1-2,5H2,(H,8,10)(H,9,11);2*1H4. The zero-order chi connectivity index (χ0) is 110. The summed E-state index contributed by atoms with van der Waals surface area (Å²) in [7, 11) is 0. The maximum absolute atomic E-state index is 15.2. The van der Waals surface area contributed by atoms with Crippen LogP contribution in [-0.2, 0) is 125 Å². The minimum Gasteiger partial charge on any atom is -0.369 e. The molecule has 816 valence electrons. The van der Waals surface area contributed by atoms with Crippen LogP contribution in [0.5, 0.6) is 0 Å². The highest BCUT2D eigenvalue weighted by Gasteiger charge is 2.43. The first-order valence-corrected chi connectivity index (χ1v) is 46.8. The van der Waals surface area contributed by atoms with E-state index >= 15 is 19.2 Å². The van der Waals surface area contributed by atoms with Crippen molar-refractivity contribution in [1.82, 2.24) is 42.5 Å². The molecule has 24 atom stereocenters. The van der Waals surface area contributed by atoms with E-state index < -0.39 is 407 Å². The molecule has 0 aliphatic heterocycles. The van der Waals surface area contributed by atoms with E-state index in [-0.39, 0.29) is 84.7 Å². The lowest BCUT2D eigenvalue weighted by Crippen LogP contribution is -2.47. The number of rotatable bonds is 78. The zero-order valence-corrected chi connectivity index (χ0v) is 82.2. The molecule has 144 heavy (non-hydrogen) atoms. The van der Waals surface area contributed by atoms with Crippen molar-refractivity contribution in [3.63, 3.8) is 0 Å². The second-order valence-corrected chi connectivity index (χ2v) is 36.6. The van der Waals surface area contributed by atoms with Gasteiger partial charge >= 0.3 is 0 Å². The fraction of sp³-hybridized carbons (Fsp3) is 0.674. The van der Waals surface area contributed by atoms with Gasteiger partial charge in [-0.2, -0.15) is 0 Å². The van der Waals surface area contributed by atoms with E-state index in [2.05, 4.69) is 55.7 Å². The molecular formula is C92H162N26O26. The number of nitrogens with two attached hydrogens (primary N) is 18. The molecule has 0 spiro atoms. The van der Waals surface area contributed by atoms with Crippen LogP contribution < -0.4 is 146 Å². The van der Waals surface area contributed by atoms with Gasteiger partial charge in [-0.05, 0) is 166 Å². The Morgan fingerprint density at radius 2 is 0.278 bits per heavy atom. The Morgan fingerprint density at radius 1 is 0.174 bits per heavy atom. The predicted octanol–water partition coefficient (Wildman–Crippen LogP) is -6.58. The molecule has 0 heterocycles. The number of hydrogen-bond acceptors (Lipinski definition) is 26. The third-order valence-corrected chi connectivity index (χ3v) is 25.9. The second kappa shape index (κ2) is 69.6. The fourth-order valence-electron chi connectivity index (χ4n) is 16.6. The summed E-state index contributed by atoms with van der Waals surface area (Å²) in [6.07, 6.45) is -7.52. The largest absolute Gasteiger partial charge is 0.369 e. The van der Waals surface area contributed by atoms with Crippen LogP contribution in [0, 0.1) is 142 Å². The van der Waals surface area contributed by atoms with Crippen LogP contribution in [0.15, 0.2) is 25.3 Å². The normalized spacial score (nSPS) is 15.9. The number of primary amides is 18. The van der Waals surface area contributed by atoms with Gasteiger partial charge in [-0.25, -0.2) is 0 Å². The Labute approximate surface area is 838 Å². The van der Waals surface area contributed by atoms with E-state index in [1.165, 1.54) is 34.6 Å². The molecule has 0 aliphatic carbocycles. The average Bonchev–Trinajstić information content (AvgIpc) is 0.851. The zero-order valence-electron chi connectivity index (χ0n) is 82.2. The SMILES string of the molecule is C.C.C=CC(=O)NCNC(=O)C=C.CCC(CC(CC(CC(CC(CC(C)C(N)=O)C(N)=O)C(=O)NCNC(=O)C(CC(CC(CC)C(N)=O)C(N)=O)CC(CC(CC(C)C(N)=O)C(N)=O)C(=O)NCNC(=O)C(CC(CC(CC)C(N)=O)C(N)=O)CC(CC(CC(C)C(N)=O)C(N)=O)C(=O)NCNC(=O)C(CC(CC(CC)C(N)=O)C(N)=O)CC(CC(CC(C)C(N)=O)C(N)=O)C(N)=O)C(N)=O)C(N)=O)C(N)=O. The monoisotopic (exact) mass is 2050 g/mol. The Balaban J connectivity index is -0.00000705. The van der Waals surface area contributed by atoms with E-state index in [1.54, 1.807) is 20.8 Å². The van der Waals surface area contributed by atoms with Crippen molar-refractivity contribution in [2.24, 2.45) is 245 Å². The van der Waals surface area contributed by atoms with Crippen LogP contribution in [0.25, 0.3) is 0 Å². The molecule has 0 aliphatic rings. The molecule has 0 saturated carbocycles. The first-order chi connectivity index (χ1) is 66.0. The van der Waals surface area contributed by atoms with Crippen molar-refractivity contribution in [2.75, 3.05) is 26.7 Å². The topological polar surface area (TPSA) is 1010 Å². The average molecular weight is 2050 g/mol. The van der Waals surface area contributed by atoms with Crippen LogP contribution in [-0.4, -0.2) is 180 Å². The molecular weight excluding hydrogens is 1890 g/mol. The van der Waals surface area contributed by atoms with Gasteiger partial charge in [-0.3, -0.25) is 125 Å². The first-order valence-electron chi connectivity index (χ1n) is 46.8. The van der Waals surface area contributed by atoms with E-state index in [9.17, 15) is 105 Å². The molecule has 0 fully saturated rings. The molecule has 52 nitrogen and oxygen atoms in total. The number of carbonyl (C=O) groups is 26. The second-order valence-electron chi connectivity index (χ2n) is 36.6. The van der Waals surface area contributed by atoms with Crippen LogP contribution in [0.3, 0.4) is 0 Å². The first kappa shape index (κ1) is 136. The molecule has 0 radical (unpaired) electrons. The molecule has 0 saturated heterocycles. The molecule has 0 bridgehead atoms. The van der Waals surface area contributed by atoms with Gasteiger partial charge in [0, 0.05) is 142 Å². The molecule has 0 aromatic carbocycles. The van der Waals surface area contributed by atoms with Crippen LogP contribution >= 0.6 is 0 Å². The maximum atomic E-state index is 15.2. The van der Waals surface area contributed by atoms with Gasteiger partial charge in [0.2, 0.25) is 154 Å². The van der Waals surface area contributed by atoms with Crippen LogP contribution in [0.2, 0.25) is 0 Å². The van der Waals surface area contributed by atoms with E-state index in [0.29, 0.717) is 0 Å². The van der Waals surface area contributed by atoms with Gasteiger partial charge in [0.25, 0.3) is 0 Å². The number of hydrogen-bond donors (Lipinski definition) is 26. The van der Waals surface area contributed by atoms with Gasteiger partial charge in [0.1, 0.15) is 0 Å². The van der Waals surface area contributed by atoms with Gasteiger partial charge < -0.3 is 146 Å². The lowest BCUT2D eigenvalue weighted by Gasteiger charge is -2.29. The van der Waals surface area contributed by atoms with E-state index in [4.69, 9.17) is 103 Å².